The molecule has 0 saturated carbocycles. The lowest BCUT2D eigenvalue weighted by molar-refractivity contribution is 0.0648. The van der Waals surface area contributed by atoms with E-state index in [1.165, 1.54) is 11.3 Å². The standard InChI is InChI=1S/C23H27N5O/c1-16(2)28-21-15-25-23(12-20(21)14-26-28)6-9-27(10-7-23)22(29)18-4-3-17-5-8-24-13-19(17)11-18/h3-5,8,11,13-16,25-26H,6-7,9-10,12H2,1-2H3. The first-order valence-electron chi connectivity index (χ1n) is 10.4. The van der Waals surface area contributed by atoms with Crippen molar-refractivity contribution in [2.24, 2.45) is 0 Å². The Hall–Kier alpha value is -3.02. The van der Waals surface area contributed by atoms with Crippen LogP contribution in [0.2, 0.25) is 0 Å². The van der Waals surface area contributed by atoms with Crippen LogP contribution < -0.4 is 10.7 Å². The molecule has 1 aromatic carbocycles. The number of piperidine rings is 1. The number of benzene rings is 1. The van der Waals surface area contributed by atoms with Crippen LogP contribution in [-0.4, -0.2) is 45.5 Å². The number of amides is 1. The van der Waals surface area contributed by atoms with Gasteiger partial charge in [0.1, 0.15) is 0 Å². The number of carbonyl (C=O) groups is 1. The van der Waals surface area contributed by atoms with Gasteiger partial charge in [-0.3, -0.25) is 14.8 Å². The first-order valence-corrected chi connectivity index (χ1v) is 10.4. The summed E-state index contributed by atoms with van der Waals surface area (Å²) >= 11 is 0. The molecular formula is C23H27N5O. The Bertz CT molecular complexity index is 1020. The van der Waals surface area contributed by atoms with Gasteiger partial charge in [0.25, 0.3) is 5.91 Å². The summed E-state index contributed by atoms with van der Waals surface area (Å²) in [6.07, 6.45) is 10.8. The Morgan fingerprint density at radius 1 is 1.14 bits per heavy atom. The maximum atomic E-state index is 13.1. The Morgan fingerprint density at radius 3 is 2.76 bits per heavy atom. The number of nitrogens with zero attached hydrogens (tertiary/aromatic N) is 3. The Kier molecular flexibility index (Phi) is 4.23. The monoisotopic (exact) mass is 389 g/mol. The van der Waals surface area contributed by atoms with Crippen molar-refractivity contribution < 1.29 is 4.79 Å². The van der Waals surface area contributed by atoms with Crippen molar-refractivity contribution in [1.82, 2.24) is 25.6 Å². The van der Waals surface area contributed by atoms with E-state index in [9.17, 15) is 4.79 Å². The molecule has 4 heterocycles. The van der Waals surface area contributed by atoms with Crippen molar-refractivity contribution in [2.45, 2.75) is 44.7 Å². The Balaban J connectivity index is 1.28. The Morgan fingerprint density at radius 2 is 1.97 bits per heavy atom. The zero-order valence-electron chi connectivity index (χ0n) is 17.0. The van der Waals surface area contributed by atoms with Crippen LogP contribution in [0.15, 0.2) is 60.3 Å². The molecule has 1 fully saturated rings. The summed E-state index contributed by atoms with van der Waals surface area (Å²) in [5.74, 6) is 0.116. The molecule has 150 valence electrons. The molecule has 0 unspecified atom stereocenters. The minimum absolute atomic E-state index is 0.0497. The van der Waals surface area contributed by atoms with Crippen molar-refractivity contribution in [1.29, 1.82) is 0 Å². The molecular weight excluding hydrogens is 362 g/mol. The van der Waals surface area contributed by atoms with E-state index in [2.05, 4.69) is 47.0 Å². The highest BCUT2D eigenvalue weighted by atomic mass is 16.2. The van der Waals surface area contributed by atoms with E-state index in [0.717, 1.165) is 48.7 Å². The lowest BCUT2D eigenvalue weighted by Crippen LogP contribution is -2.55. The van der Waals surface area contributed by atoms with Crippen molar-refractivity contribution in [3.8, 4) is 0 Å². The van der Waals surface area contributed by atoms with Gasteiger partial charge in [0, 0.05) is 60.4 Å². The summed E-state index contributed by atoms with van der Waals surface area (Å²) in [6, 6.07) is 8.27. The number of aromatic nitrogens is 1. The first-order chi connectivity index (χ1) is 14.0. The zero-order chi connectivity index (χ0) is 20.0. The molecule has 6 heteroatoms. The highest BCUT2D eigenvalue weighted by molar-refractivity contribution is 5.98. The number of hydrogen-bond donors (Lipinski definition) is 2. The predicted molar refractivity (Wildman–Crippen MR) is 114 cm³/mol. The van der Waals surface area contributed by atoms with Gasteiger partial charge in [0.15, 0.2) is 0 Å². The van der Waals surface area contributed by atoms with E-state index in [-0.39, 0.29) is 11.4 Å². The van der Waals surface area contributed by atoms with Crippen LogP contribution in [0.3, 0.4) is 0 Å². The van der Waals surface area contributed by atoms with E-state index in [0.29, 0.717) is 6.04 Å². The number of fused-ring (bicyclic) bond motifs is 2. The minimum atomic E-state index is 0.0497. The summed E-state index contributed by atoms with van der Waals surface area (Å²) in [7, 11) is 0. The maximum absolute atomic E-state index is 13.1. The average Bonchev–Trinajstić information content (AvgIpc) is 3.16. The number of pyridine rings is 1. The van der Waals surface area contributed by atoms with Crippen molar-refractivity contribution >= 4 is 16.7 Å². The van der Waals surface area contributed by atoms with Gasteiger partial charge < -0.3 is 15.6 Å². The normalized spacial score (nSPS) is 20.2. The number of hydrogen-bond acceptors (Lipinski definition) is 5. The molecule has 0 aliphatic carbocycles. The molecule has 2 aromatic rings. The van der Waals surface area contributed by atoms with E-state index >= 15 is 0 Å². The van der Waals surface area contributed by atoms with Gasteiger partial charge in [-0.25, -0.2) is 0 Å². The lowest BCUT2D eigenvalue weighted by atomic mass is 9.79. The van der Waals surface area contributed by atoms with Gasteiger partial charge in [-0.1, -0.05) is 6.07 Å². The maximum Gasteiger partial charge on any atom is 0.253 e. The average molecular weight is 390 g/mol. The number of allylic oxidation sites excluding steroid dienone is 1. The fourth-order valence-corrected chi connectivity index (χ4v) is 4.67. The van der Waals surface area contributed by atoms with Gasteiger partial charge in [0.2, 0.25) is 0 Å². The van der Waals surface area contributed by atoms with Crippen LogP contribution >= 0.6 is 0 Å². The predicted octanol–water partition coefficient (Wildman–Crippen LogP) is 3.16. The molecule has 29 heavy (non-hydrogen) atoms. The summed E-state index contributed by atoms with van der Waals surface area (Å²) in [5.41, 5.74) is 6.78. The second kappa shape index (κ2) is 6.79. The van der Waals surface area contributed by atoms with Crippen LogP contribution in [0.25, 0.3) is 10.8 Å². The van der Waals surface area contributed by atoms with Crippen LogP contribution in [0.4, 0.5) is 0 Å². The van der Waals surface area contributed by atoms with Gasteiger partial charge >= 0.3 is 0 Å². The highest BCUT2D eigenvalue weighted by Crippen LogP contribution is 2.38. The number of carbonyl (C=O) groups excluding carboxylic acids is 1. The van der Waals surface area contributed by atoms with E-state index in [1.807, 2.05) is 35.4 Å². The largest absolute Gasteiger partial charge is 0.383 e. The van der Waals surface area contributed by atoms with Crippen LogP contribution in [-0.2, 0) is 0 Å². The Labute approximate surface area is 171 Å². The topological polar surface area (TPSA) is 60.5 Å². The van der Waals surface area contributed by atoms with Gasteiger partial charge in [-0.2, -0.15) is 0 Å². The number of nitrogens with one attached hydrogen (secondary N) is 2. The quantitative estimate of drug-likeness (QED) is 0.826. The SMILES string of the molecule is CC(C)N1NC=C2CC3(CCN(C(=O)c4ccc5ccncc5c4)CC3)NC=C21. The number of rotatable bonds is 2. The second-order valence-corrected chi connectivity index (χ2v) is 8.62. The molecule has 3 aliphatic heterocycles. The van der Waals surface area contributed by atoms with E-state index in [1.54, 1.807) is 6.20 Å². The molecule has 2 N–H and O–H groups in total. The number of likely N-dealkylation sites (tertiary alicyclic amines) is 1. The second-order valence-electron chi connectivity index (χ2n) is 8.62. The number of hydrazine groups is 1. The van der Waals surface area contributed by atoms with Gasteiger partial charge in [-0.15, -0.1) is 0 Å². The molecule has 5 rings (SSSR count). The fourth-order valence-electron chi connectivity index (χ4n) is 4.67. The lowest BCUT2D eigenvalue weighted by Gasteiger charge is -2.45. The smallest absolute Gasteiger partial charge is 0.253 e. The summed E-state index contributed by atoms with van der Waals surface area (Å²) in [5, 5.41) is 8.00. The van der Waals surface area contributed by atoms with Crippen molar-refractivity contribution in [3.05, 3.63) is 65.9 Å². The van der Waals surface area contributed by atoms with Gasteiger partial charge in [0.05, 0.1) is 5.70 Å². The molecule has 1 amide bonds. The van der Waals surface area contributed by atoms with Gasteiger partial charge in [-0.05, 0) is 62.3 Å². The van der Waals surface area contributed by atoms with Crippen LogP contribution in [0.1, 0.15) is 43.5 Å². The summed E-state index contributed by atoms with van der Waals surface area (Å²) in [4.78, 5) is 19.2. The van der Waals surface area contributed by atoms with Crippen molar-refractivity contribution in [2.75, 3.05) is 13.1 Å². The van der Waals surface area contributed by atoms with Crippen LogP contribution in [0.5, 0.6) is 0 Å². The molecule has 3 aliphatic rings. The summed E-state index contributed by atoms with van der Waals surface area (Å²) < 4.78 is 0. The zero-order valence-corrected chi connectivity index (χ0v) is 17.0. The molecule has 0 radical (unpaired) electrons. The highest BCUT2D eigenvalue weighted by Gasteiger charge is 2.40. The molecule has 6 nitrogen and oxygen atoms in total. The third-order valence-corrected chi connectivity index (χ3v) is 6.42. The molecule has 1 spiro atoms. The fraction of sp³-hybridized carbons (Fsp3) is 0.391. The van der Waals surface area contributed by atoms with E-state index in [4.69, 9.17) is 0 Å². The first kappa shape index (κ1) is 18.0. The minimum Gasteiger partial charge on any atom is -0.383 e. The van der Waals surface area contributed by atoms with Crippen LogP contribution in [0, 0.1) is 0 Å². The van der Waals surface area contributed by atoms with Crippen molar-refractivity contribution in [3.63, 3.8) is 0 Å². The summed E-state index contributed by atoms with van der Waals surface area (Å²) in [6.45, 7) is 5.91. The third-order valence-electron chi connectivity index (χ3n) is 6.42. The van der Waals surface area contributed by atoms with E-state index < -0.39 is 0 Å². The molecule has 1 saturated heterocycles. The molecule has 0 atom stereocenters. The molecule has 0 bridgehead atoms. The molecule has 1 aromatic heterocycles. The third kappa shape index (κ3) is 3.12.